The number of benzene rings is 2. The molecule has 2 aromatic heterocycles. The van der Waals surface area contributed by atoms with E-state index in [2.05, 4.69) is 45.7 Å². The van der Waals surface area contributed by atoms with Gasteiger partial charge in [-0.05, 0) is 52.6 Å². The Morgan fingerprint density at radius 2 is 1.82 bits per heavy atom. The number of hydrogen-bond acceptors (Lipinski definition) is 3. The van der Waals surface area contributed by atoms with Gasteiger partial charge in [-0.3, -0.25) is 0 Å². The molecule has 1 aliphatic heterocycles. The molecule has 0 aliphatic carbocycles. The molecule has 0 saturated heterocycles. The summed E-state index contributed by atoms with van der Waals surface area (Å²) >= 11 is 12.3. The lowest BCUT2D eigenvalue weighted by Crippen LogP contribution is -2.28. The Balaban J connectivity index is 0.00000192. The van der Waals surface area contributed by atoms with Gasteiger partial charge in [0.25, 0.3) is 0 Å². The van der Waals surface area contributed by atoms with Crippen LogP contribution >= 0.6 is 35.6 Å². The molecule has 4 aromatic rings. The smallest absolute Gasteiger partial charge is 0.155 e. The fourth-order valence-electron chi connectivity index (χ4n) is 3.75. The molecule has 1 N–H and O–H groups in total. The number of halogens is 3. The van der Waals surface area contributed by atoms with Gasteiger partial charge < -0.3 is 5.32 Å². The molecule has 1 atom stereocenters. The molecule has 0 radical (unpaired) electrons. The van der Waals surface area contributed by atoms with Crippen molar-refractivity contribution in [2.24, 2.45) is 0 Å². The van der Waals surface area contributed by atoms with Gasteiger partial charge in [-0.25, -0.2) is 9.50 Å². The standard InChI is InChI=1S/C21H16Cl2N4.ClH/c22-19-5-2-14(8-20(19)23)18-10-24-9-16-7-13(1-4-17(16)18)15-3-6-21-25-12-26-27(21)11-15;/h1-8,11-12,18,24H,9-10H2;1H/t18-;/m0./s1. The maximum Gasteiger partial charge on any atom is 0.155 e. The van der Waals surface area contributed by atoms with Gasteiger partial charge in [0.2, 0.25) is 0 Å². The molecular weight excluding hydrogens is 415 g/mol. The maximum absolute atomic E-state index is 6.24. The second-order valence-corrected chi connectivity index (χ2v) is 7.57. The van der Waals surface area contributed by atoms with Crippen LogP contribution in [0.15, 0.2) is 61.1 Å². The summed E-state index contributed by atoms with van der Waals surface area (Å²) in [5.74, 6) is 0.260. The van der Waals surface area contributed by atoms with E-state index < -0.39 is 0 Å². The molecule has 2 aromatic carbocycles. The fourth-order valence-corrected chi connectivity index (χ4v) is 4.06. The summed E-state index contributed by atoms with van der Waals surface area (Å²) in [5, 5.41) is 8.94. The zero-order chi connectivity index (χ0) is 18.4. The molecule has 0 spiro atoms. The van der Waals surface area contributed by atoms with Gasteiger partial charge in [0, 0.05) is 30.8 Å². The first-order chi connectivity index (χ1) is 13.2. The summed E-state index contributed by atoms with van der Waals surface area (Å²) in [6.45, 7) is 1.74. The topological polar surface area (TPSA) is 42.2 Å². The summed E-state index contributed by atoms with van der Waals surface area (Å²) in [7, 11) is 0. The van der Waals surface area contributed by atoms with E-state index in [0.29, 0.717) is 10.0 Å². The van der Waals surface area contributed by atoms with Gasteiger partial charge in [-0.1, -0.05) is 41.4 Å². The number of aromatic nitrogens is 3. The first kappa shape index (κ1) is 19.2. The van der Waals surface area contributed by atoms with Gasteiger partial charge in [-0.2, -0.15) is 5.10 Å². The lowest BCUT2D eigenvalue weighted by molar-refractivity contribution is 0.591. The molecule has 5 rings (SSSR count). The molecule has 28 heavy (non-hydrogen) atoms. The monoisotopic (exact) mass is 430 g/mol. The molecule has 1 aliphatic rings. The van der Waals surface area contributed by atoms with Crippen LogP contribution in [-0.4, -0.2) is 21.1 Å². The molecule has 0 saturated carbocycles. The van der Waals surface area contributed by atoms with Crippen molar-refractivity contribution in [2.45, 2.75) is 12.5 Å². The van der Waals surface area contributed by atoms with Crippen LogP contribution in [0.2, 0.25) is 10.0 Å². The summed E-state index contributed by atoms with van der Waals surface area (Å²) in [4.78, 5) is 4.20. The highest BCUT2D eigenvalue weighted by Gasteiger charge is 2.22. The van der Waals surface area contributed by atoms with Crippen molar-refractivity contribution in [3.05, 3.63) is 87.8 Å². The van der Waals surface area contributed by atoms with Crippen molar-refractivity contribution in [3.8, 4) is 11.1 Å². The second-order valence-electron chi connectivity index (χ2n) is 6.75. The summed E-state index contributed by atoms with van der Waals surface area (Å²) in [5.41, 5.74) is 6.94. The first-order valence-corrected chi connectivity index (χ1v) is 9.53. The number of hydrogen-bond donors (Lipinski definition) is 1. The van der Waals surface area contributed by atoms with Gasteiger partial charge in [-0.15, -0.1) is 12.4 Å². The van der Waals surface area contributed by atoms with Crippen LogP contribution in [-0.2, 0) is 6.54 Å². The molecule has 0 fully saturated rings. The van der Waals surface area contributed by atoms with Crippen LogP contribution in [0.1, 0.15) is 22.6 Å². The van der Waals surface area contributed by atoms with E-state index in [1.807, 2.05) is 24.4 Å². The van der Waals surface area contributed by atoms with Crippen molar-refractivity contribution >= 4 is 41.3 Å². The Morgan fingerprint density at radius 1 is 0.964 bits per heavy atom. The van der Waals surface area contributed by atoms with E-state index in [-0.39, 0.29) is 18.3 Å². The van der Waals surface area contributed by atoms with Crippen LogP contribution in [0.25, 0.3) is 16.8 Å². The van der Waals surface area contributed by atoms with Crippen molar-refractivity contribution in [1.82, 2.24) is 19.9 Å². The van der Waals surface area contributed by atoms with Gasteiger partial charge >= 0.3 is 0 Å². The van der Waals surface area contributed by atoms with E-state index in [9.17, 15) is 0 Å². The summed E-state index contributed by atoms with van der Waals surface area (Å²) in [6.07, 6.45) is 3.58. The normalized spacial score (nSPS) is 15.9. The molecule has 4 nitrogen and oxygen atoms in total. The predicted octanol–water partition coefficient (Wildman–Crippen LogP) is 5.36. The van der Waals surface area contributed by atoms with Crippen LogP contribution in [0, 0.1) is 0 Å². The molecule has 0 amide bonds. The van der Waals surface area contributed by atoms with Crippen LogP contribution in [0.4, 0.5) is 0 Å². The van der Waals surface area contributed by atoms with E-state index in [1.54, 1.807) is 10.8 Å². The van der Waals surface area contributed by atoms with Crippen molar-refractivity contribution < 1.29 is 0 Å². The number of rotatable bonds is 2. The highest BCUT2D eigenvalue weighted by molar-refractivity contribution is 6.42. The minimum Gasteiger partial charge on any atom is -0.312 e. The molecule has 142 valence electrons. The zero-order valence-corrected chi connectivity index (χ0v) is 17.1. The Labute approximate surface area is 178 Å². The highest BCUT2D eigenvalue weighted by Crippen LogP contribution is 2.35. The number of nitrogens with zero attached hydrogens (tertiary/aromatic N) is 3. The van der Waals surface area contributed by atoms with E-state index in [1.165, 1.54) is 22.3 Å². The van der Waals surface area contributed by atoms with E-state index in [0.717, 1.165) is 24.3 Å². The minimum atomic E-state index is 0. The average Bonchev–Trinajstić information content (AvgIpc) is 3.17. The van der Waals surface area contributed by atoms with E-state index >= 15 is 0 Å². The van der Waals surface area contributed by atoms with Gasteiger partial charge in [0.05, 0.1) is 10.0 Å². The van der Waals surface area contributed by atoms with Gasteiger partial charge in [0.1, 0.15) is 6.33 Å². The Hall–Kier alpha value is -2.11. The lowest BCUT2D eigenvalue weighted by atomic mass is 9.84. The molecular formula is C21H17Cl3N4. The van der Waals surface area contributed by atoms with Crippen LogP contribution in [0.5, 0.6) is 0 Å². The quantitative estimate of drug-likeness (QED) is 0.464. The molecule has 7 heteroatoms. The summed E-state index contributed by atoms with van der Waals surface area (Å²) in [6, 6.07) is 16.6. The Kier molecular flexibility index (Phi) is 5.30. The summed E-state index contributed by atoms with van der Waals surface area (Å²) < 4.78 is 1.80. The second kappa shape index (κ2) is 7.72. The van der Waals surface area contributed by atoms with Crippen LogP contribution in [0.3, 0.4) is 0 Å². The Bertz CT molecular complexity index is 1160. The number of pyridine rings is 1. The molecule has 0 unspecified atom stereocenters. The maximum atomic E-state index is 6.24. The third-order valence-electron chi connectivity index (χ3n) is 5.14. The highest BCUT2D eigenvalue weighted by atomic mass is 35.5. The fraction of sp³-hybridized carbons (Fsp3) is 0.143. The van der Waals surface area contributed by atoms with Crippen LogP contribution < -0.4 is 5.32 Å². The van der Waals surface area contributed by atoms with Gasteiger partial charge in [0.15, 0.2) is 5.65 Å². The third kappa shape index (κ3) is 3.38. The van der Waals surface area contributed by atoms with Crippen molar-refractivity contribution in [1.29, 1.82) is 0 Å². The third-order valence-corrected chi connectivity index (χ3v) is 5.87. The number of fused-ring (bicyclic) bond motifs is 2. The Morgan fingerprint density at radius 3 is 2.68 bits per heavy atom. The lowest BCUT2D eigenvalue weighted by Gasteiger charge is -2.27. The minimum absolute atomic E-state index is 0. The predicted molar refractivity (Wildman–Crippen MR) is 116 cm³/mol. The van der Waals surface area contributed by atoms with Crippen molar-refractivity contribution in [3.63, 3.8) is 0 Å². The molecule has 3 heterocycles. The van der Waals surface area contributed by atoms with Crippen molar-refractivity contribution in [2.75, 3.05) is 6.54 Å². The average molecular weight is 432 g/mol. The number of nitrogens with one attached hydrogen (secondary N) is 1. The largest absolute Gasteiger partial charge is 0.312 e. The SMILES string of the molecule is Cl.Clc1ccc([C@@H]2CNCc3cc(-c4ccc5ncnn5c4)ccc32)cc1Cl. The first-order valence-electron chi connectivity index (χ1n) is 8.77. The molecule has 0 bridgehead atoms. The zero-order valence-electron chi connectivity index (χ0n) is 14.8. The van der Waals surface area contributed by atoms with E-state index in [4.69, 9.17) is 23.2 Å².